The first-order valence-electron chi connectivity index (χ1n) is 11.1. The molecule has 0 spiro atoms. The van der Waals surface area contributed by atoms with Crippen molar-refractivity contribution in [3.05, 3.63) is 58.0 Å². The van der Waals surface area contributed by atoms with Crippen molar-refractivity contribution in [2.24, 2.45) is 7.05 Å². The van der Waals surface area contributed by atoms with Crippen LogP contribution in [-0.4, -0.2) is 17.1 Å². The van der Waals surface area contributed by atoms with Crippen LogP contribution >= 0.6 is 0 Å². The van der Waals surface area contributed by atoms with E-state index in [4.69, 9.17) is 4.74 Å². The number of benzene rings is 1. The molecule has 0 aliphatic heterocycles. The normalized spacial score (nSPS) is 10.9. The highest BCUT2D eigenvalue weighted by Gasteiger charge is 2.22. The van der Waals surface area contributed by atoms with Gasteiger partial charge in [-0.05, 0) is 25.3 Å². The van der Waals surface area contributed by atoms with Crippen LogP contribution in [0.3, 0.4) is 0 Å². The van der Waals surface area contributed by atoms with Gasteiger partial charge in [0, 0.05) is 24.4 Å². The van der Waals surface area contributed by atoms with Crippen molar-refractivity contribution < 1.29 is 9.53 Å². The standard InChI is InChI=1S/C25H35NO3/c1-4-6-7-8-9-10-11-15-18-22-24(25(28)29-5-2)21(19-23(27)26(22)3)20-16-13-12-14-17-20/h12-14,16-17,19H,4-11,15,18H2,1-3H3. The third kappa shape index (κ3) is 6.59. The minimum absolute atomic E-state index is 0.0912. The number of esters is 1. The molecule has 1 aromatic carbocycles. The fourth-order valence-electron chi connectivity index (χ4n) is 3.74. The third-order valence-corrected chi connectivity index (χ3v) is 5.39. The number of carbonyl (C=O) groups excluding carboxylic acids is 1. The highest BCUT2D eigenvalue weighted by atomic mass is 16.5. The number of carbonyl (C=O) groups is 1. The number of unbranched alkanes of at least 4 members (excludes halogenated alkanes) is 7. The van der Waals surface area contributed by atoms with Crippen LogP contribution in [0, 0.1) is 0 Å². The smallest absolute Gasteiger partial charge is 0.340 e. The summed E-state index contributed by atoms with van der Waals surface area (Å²) in [5.74, 6) is -0.350. The molecule has 0 radical (unpaired) electrons. The van der Waals surface area contributed by atoms with E-state index in [9.17, 15) is 9.59 Å². The highest BCUT2D eigenvalue weighted by Crippen LogP contribution is 2.27. The molecule has 0 bridgehead atoms. The largest absolute Gasteiger partial charge is 0.462 e. The van der Waals surface area contributed by atoms with Gasteiger partial charge in [-0.2, -0.15) is 0 Å². The molecule has 0 saturated heterocycles. The second-order valence-corrected chi connectivity index (χ2v) is 7.59. The van der Waals surface area contributed by atoms with Crippen molar-refractivity contribution in [2.45, 2.75) is 71.6 Å². The molecule has 0 aliphatic carbocycles. The van der Waals surface area contributed by atoms with Crippen molar-refractivity contribution in [2.75, 3.05) is 6.61 Å². The summed E-state index contributed by atoms with van der Waals surface area (Å²) in [5, 5.41) is 0. The summed E-state index contributed by atoms with van der Waals surface area (Å²) in [6.07, 6.45) is 10.4. The van der Waals surface area contributed by atoms with Crippen LogP contribution in [-0.2, 0) is 18.2 Å². The molecular weight excluding hydrogens is 362 g/mol. The zero-order valence-corrected chi connectivity index (χ0v) is 18.2. The average Bonchev–Trinajstić information content (AvgIpc) is 2.73. The van der Waals surface area contributed by atoms with Crippen molar-refractivity contribution in [3.8, 4) is 11.1 Å². The Labute approximate surface area is 174 Å². The summed E-state index contributed by atoms with van der Waals surface area (Å²) in [7, 11) is 1.75. The summed E-state index contributed by atoms with van der Waals surface area (Å²) in [6, 6.07) is 11.2. The van der Waals surface area contributed by atoms with Crippen LogP contribution in [0.15, 0.2) is 41.2 Å². The van der Waals surface area contributed by atoms with E-state index in [1.807, 2.05) is 30.3 Å². The van der Waals surface area contributed by atoms with E-state index in [1.54, 1.807) is 24.6 Å². The monoisotopic (exact) mass is 397 g/mol. The lowest BCUT2D eigenvalue weighted by molar-refractivity contribution is 0.0524. The van der Waals surface area contributed by atoms with Gasteiger partial charge in [-0.3, -0.25) is 4.79 Å². The maximum absolute atomic E-state index is 12.8. The van der Waals surface area contributed by atoms with Crippen LogP contribution in [0.4, 0.5) is 0 Å². The van der Waals surface area contributed by atoms with Crippen LogP contribution < -0.4 is 5.56 Å². The topological polar surface area (TPSA) is 48.3 Å². The minimum Gasteiger partial charge on any atom is -0.462 e. The maximum Gasteiger partial charge on any atom is 0.340 e. The second-order valence-electron chi connectivity index (χ2n) is 7.59. The molecule has 4 nitrogen and oxygen atoms in total. The van der Waals surface area contributed by atoms with E-state index in [1.165, 1.54) is 38.5 Å². The summed E-state index contributed by atoms with van der Waals surface area (Å²) in [4.78, 5) is 25.4. The van der Waals surface area contributed by atoms with Gasteiger partial charge >= 0.3 is 5.97 Å². The van der Waals surface area contributed by atoms with Crippen LogP contribution in [0.5, 0.6) is 0 Å². The SMILES string of the molecule is CCCCCCCCCCc1c(C(=O)OCC)c(-c2ccccc2)cc(=O)n1C. The molecular formula is C25H35NO3. The average molecular weight is 398 g/mol. The van der Waals surface area contributed by atoms with Gasteiger partial charge < -0.3 is 9.30 Å². The summed E-state index contributed by atoms with van der Waals surface area (Å²) in [6.45, 7) is 4.35. The molecule has 4 heteroatoms. The highest BCUT2D eigenvalue weighted by molar-refractivity contribution is 5.98. The molecule has 0 fully saturated rings. The zero-order chi connectivity index (χ0) is 21.1. The van der Waals surface area contributed by atoms with Gasteiger partial charge in [-0.1, -0.05) is 82.2 Å². The second kappa shape index (κ2) is 12.3. The molecule has 158 valence electrons. The molecule has 0 N–H and O–H groups in total. The van der Waals surface area contributed by atoms with Crippen molar-refractivity contribution >= 4 is 5.97 Å². The van der Waals surface area contributed by atoms with Gasteiger partial charge in [-0.15, -0.1) is 0 Å². The lowest BCUT2D eigenvalue weighted by atomic mass is 9.96. The molecule has 0 amide bonds. The van der Waals surface area contributed by atoms with Crippen molar-refractivity contribution in [1.82, 2.24) is 4.57 Å². The van der Waals surface area contributed by atoms with E-state index in [0.29, 0.717) is 24.2 Å². The third-order valence-electron chi connectivity index (χ3n) is 5.39. The minimum atomic E-state index is -0.350. The van der Waals surface area contributed by atoms with E-state index >= 15 is 0 Å². The Morgan fingerprint density at radius 1 is 0.931 bits per heavy atom. The fourth-order valence-corrected chi connectivity index (χ4v) is 3.74. The molecule has 0 saturated carbocycles. The molecule has 0 aliphatic rings. The number of hydrogen-bond acceptors (Lipinski definition) is 3. The Kier molecular flexibility index (Phi) is 9.69. The van der Waals surface area contributed by atoms with Gasteiger partial charge in [-0.25, -0.2) is 4.79 Å². The number of hydrogen-bond donors (Lipinski definition) is 0. The Morgan fingerprint density at radius 2 is 1.55 bits per heavy atom. The Bertz CT molecular complexity index is 824. The van der Waals surface area contributed by atoms with E-state index in [2.05, 4.69) is 6.92 Å². The maximum atomic E-state index is 12.8. The van der Waals surface area contributed by atoms with Gasteiger partial charge in [0.2, 0.25) is 0 Å². The summed E-state index contributed by atoms with van der Waals surface area (Å²) in [5.41, 5.74) is 2.75. The van der Waals surface area contributed by atoms with Crippen LogP contribution in [0.1, 0.15) is 81.3 Å². The van der Waals surface area contributed by atoms with Gasteiger partial charge in [0.15, 0.2) is 0 Å². The van der Waals surface area contributed by atoms with Crippen molar-refractivity contribution in [1.29, 1.82) is 0 Å². The van der Waals surface area contributed by atoms with Crippen LogP contribution in [0.25, 0.3) is 11.1 Å². The Hall–Kier alpha value is -2.36. The number of aromatic nitrogens is 1. The molecule has 1 heterocycles. The molecule has 0 unspecified atom stereocenters. The molecule has 2 aromatic rings. The fraction of sp³-hybridized carbons (Fsp3) is 0.520. The summed E-state index contributed by atoms with van der Waals surface area (Å²) < 4.78 is 6.96. The number of rotatable bonds is 12. The quantitative estimate of drug-likeness (QED) is 0.330. The number of ether oxygens (including phenoxy) is 1. The lowest BCUT2D eigenvalue weighted by Crippen LogP contribution is -2.25. The van der Waals surface area contributed by atoms with E-state index < -0.39 is 0 Å². The first-order chi connectivity index (χ1) is 14.1. The van der Waals surface area contributed by atoms with E-state index in [-0.39, 0.29) is 11.5 Å². The molecule has 2 rings (SSSR count). The van der Waals surface area contributed by atoms with E-state index in [0.717, 1.165) is 24.1 Å². The predicted molar refractivity (Wildman–Crippen MR) is 119 cm³/mol. The Morgan fingerprint density at radius 3 is 2.17 bits per heavy atom. The number of pyridine rings is 1. The van der Waals surface area contributed by atoms with Crippen molar-refractivity contribution in [3.63, 3.8) is 0 Å². The molecule has 0 atom stereocenters. The van der Waals surface area contributed by atoms with Crippen LogP contribution in [0.2, 0.25) is 0 Å². The van der Waals surface area contributed by atoms with Gasteiger partial charge in [0.25, 0.3) is 5.56 Å². The Balaban J connectivity index is 2.22. The zero-order valence-electron chi connectivity index (χ0n) is 18.2. The molecule has 29 heavy (non-hydrogen) atoms. The first kappa shape index (κ1) is 22.9. The predicted octanol–water partition coefficient (Wildman–Crippen LogP) is 5.91. The first-order valence-corrected chi connectivity index (χ1v) is 11.1. The lowest BCUT2D eigenvalue weighted by Gasteiger charge is -2.17. The van der Waals surface area contributed by atoms with Gasteiger partial charge in [0.1, 0.15) is 0 Å². The molecule has 1 aromatic heterocycles. The number of nitrogens with zero attached hydrogens (tertiary/aromatic N) is 1. The summed E-state index contributed by atoms with van der Waals surface area (Å²) >= 11 is 0. The van der Waals surface area contributed by atoms with Gasteiger partial charge in [0.05, 0.1) is 12.2 Å².